The summed E-state index contributed by atoms with van der Waals surface area (Å²) in [7, 11) is 1.73. The summed E-state index contributed by atoms with van der Waals surface area (Å²) >= 11 is 0. The molecule has 1 aromatic heterocycles. The van der Waals surface area contributed by atoms with Crippen molar-refractivity contribution in [1.82, 2.24) is 15.6 Å². The minimum absolute atomic E-state index is 0. The van der Waals surface area contributed by atoms with Crippen LogP contribution in [0, 0.1) is 0 Å². The third-order valence-corrected chi connectivity index (χ3v) is 3.24. The largest absolute Gasteiger partial charge is 0.490 e. The number of pyridine rings is 1. The summed E-state index contributed by atoms with van der Waals surface area (Å²) in [6.07, 6.45) is 3.56. The lowest BCUT2D eigenvalue weighted by Gasteiger charge is -2.11. The van der Waals surface area contributed by atoms with Crippen LogP contribution in [0.3, 0.4) is 0 Å². The van der Waals surface area contributed by atoms with Gasteiger partial charge in [0.2, 0.25) is 5.88 Å². The summed E-state index contributed by atoms with van der Waals surface area (Å²) in [5.74, 6) is 2.13. The summed E-state index contributed by atoms with van der Waals surface area (Å²) in [5, 5.41) is 6.31. The van der Waals surface area contributed by atoms with Gasteiger partial charge in [-0.05, 0) is 17.7 Å². The molecule has 6 nitrogen and oxygen atoms in total. The molecular weight excluding hydrogens is 443 g/mol. The summed E-state index contributed by atoms with van der Waals surface area (Å²) in [5.41, 5.74) is 1.04. The van der Waals surface area contributed by atoms with Gasteiger partial charge in [0.05, 0.1) is 0 Å². The van der Waals surface area contributed by atoms with Gasteiger partial charge >= 0.3 is 0 Å². The van der Waals surface area contributed by atoms with Crippen molar-refractivity contribution in [3.8, 4) is 11.6 Å². The van der Waals surface area contributed by atoms with Gasteiger partial charge in [-0.3, -0.25) is 4.99 Å². The van der Waals surface area contributed by atoms with Crippen LogP contribution in [-0.4, -0.2) is 37.7 Å². The number of aliphatic imine (C=N–C) groups is 1. The highest BCUT2D eigenvalue weighted by atomic mass is 127. The van der Waals surface area contributed by atoms with Crippen molar-refractivity contribution >= 4 is 29.9 Å². The van der Waals surface area contributed by atoms with E-state index in [4.69, 9.17) is 9.47 Å². The minimum atomic E-state index is 0. The monoisotopic (exact) mass is 468 g/mol. The fourth-order valence-electron chi connectivity index (χ4n) is 2.00. The van der Waals surface area contributed by atoms with Gasteiger partial charge in [-0.15, -0.1) is 30.6 Å². The Bertz CT molecular complexity index is 663. The van der Waals surface area contributed by atoms with E-state index >= 15 is 0 Å². The van der Waals surface area contributed by atoms with Crippen LogP contribution in [0.5, 0.6) is 11.6 Å². The zero-order valence-electron chi connectivity index (χ0n) is 14.9. The number of para-hydroxylation sites is 1. The molecule has 0 radical (unpaired) electrons. The first kappa shape index (κ1) is 21.8. The molecule has 2 N–H and O–H groups in total. The van der Waals surface area contributed by atoms with E-state index in [0.717, 1.165) is 17.3 Å². The van der Waals surface area contributed by atoms with Gasteiger partial charge in [-0.2, -0.15) is 0 Å². The normalized spacial score (nSPS) is 10.4. The van der Waals surface area contributed by atoms with Crippen LogP contribution in [-0.2, 0) is 6.54 Å². The standard InChI is InChI=1S/C19H24N4O2.HI/c1-3-11-21-19(20-2)23-15-16-9-10-18(22-14-16)25-13-12-24-17-7-5-4-6-8-17;/h3-10,14H,1,11-13,15H2,2H3,(H2,20,21,23);1H. The van der Waals surface area contributed by atoms with E-state index in [9.17, 15) is 0 Å². The average molecular weight is 468 g/mol. The lowest BCUT2D eigenvalue weighted by molar-refractivity contribution is 0.212. The van der Waals surface area contributed by atoms with Crippen LogP contribution in [0.1, 0.15) is 5.56 Å². The molecule has 0 bridgehead atoms. The van der Waals surface area contributed by atoms with E-state index in [1.54, 1.807) is 19.3 Å². The summed E-state index contributed by atoms with van der Waals surface area (Å²) < 4.78 is 11.1. The summed E-state index contributed by atoms with van der Waals surface area (Å²) in [4.78, 5) is 8.42. The molecule has 0 spiro atoms. The Hall–Kier alpha value is -2.29. The first-order valence-electron chi connectivity index (χ1n) is 8.13. The first-order valence-corrected chi connectivity index (χ1v) is 8.13. The predicted molar refractivity (Wildman–Crippen MR) is 115 cm³/mol. The van der Waals surface area contributed by atoms with E-state index in [0.29, 0.717) is 32.2 Å². The van der Waals surface area contributed by atoms with Gasteiger partial charge in [0.25, 0.3) is 0 Å². The number of aromatic nitrogens is 1. The number of hydrogen-bond donors (Lipinski definition) is 2. The van der Waals surface area contributed by atoms with Crippen LogP contribution < -0.4 is 20.1 Å². The molecule has 7 heteroatoms. The fraction of sp³-hybridized carbons (Fsp3) is 0.263. The Labute approximate surface area is 171 Å². The fourth-order valence-corrected chi connectivity index (χ4v) is 2.00. The Kier molecular flexibility index (Phi) is 10.9. The SMILES string of the molecule is C=CCNC(=NC)NCc1ccc(OCCOc2ccccc2)nc1.I. The molecule has 2 aromatic rings. The number of benzene rings is 1. The lowest BCUT2D eigenvalue weighted by atomic mass is 10.3. The smallest absolute Gasteiger partial charge is 0.213 e. The minimum Gasteiger partial charge on any atom is -0.490 e. The van der Waals surface area contributed by atoms with Crippen molar-refractivity contribution in [3.63, 3.8) is 0 Å². The molecule has 2 rings (SSSR count). The Morgan fingerprint density at radius 3 is 2.54 bits per heavy atom. The molecule has 0 atom stereocenters. The second kappa shape index (κ2) is 13.0. The first-order chi connectivity index (χ1) is 12.3. The van der Waals surface area contributed by atoms with Gasteiger partial charge in [-0.1, -0.05) is 30.3 Å². The zero-order chi connectivity index (χ0) is 17.7. The number of hydrogen-bond acceptors (Lipinski definition) is 4. The Morgan fingerprint density at radius 2 is 1.88 bits per heavy atom. The van der Waals surface area contributed by atoms with Crippen molar-refractivity contribution in [1.29, 1.82) is 0 Å². The molecule has 0 amide bonds. The second-order valence-electron chi connectivity index (χ2n) is 5.11. The predicted octanol–water partition coefficient (Wildman–Crippen LogP) is 3.01. The number of nitrogens with zero attached hydrogens (tertiary/aromatic N) is 2. The van der Waals surface area contributed by atoms with Crippen LogP contribution in [0.15, 0.2) is 66.3 Å². The van der Waals surface area contributed by atoms with Gasteiger partial charge < -0.3 is 20.1 Å². The maximum atomic E-state index is 5.58. The molecule has 0 saturated heterocycles. The van der Waals surface area contributed by atoms with E-state index in [2.05, 4.69) is 27.2 Å². The Morgan fingerprint density at radius 1 is 1.12 bits per heavy atom. The molecule has 0 aliphatic heterocycles. The second-order valence-corrected chi connectivity index (χ2v) is 5.11. The maximum Gasteiger partial charge on any atom is 0.213 e. The molecular formula is C19H25IN4O2. The number of nitrogens with one attached hydrogen (secondary N) is 2. The van der Waals surface area contributed by atoms with Crippen LogP contribution in [0.4, 0.5) is 0 Å². The van der Waals surface area contributed by atoms with Crippen molar-refractivity contribution in [2.45, 2.75) is 6.54 Å². The highest BCUT2D eigenvalue weighted by Gasteiger charge is 2.00. The van der Waals surface area contributed by atoms with Crippen molar-refractivity contribution in [2.24, 2.45) is 4.99 Å². The van der Waals surface area contributed by atoms with Crippen molar-refractivity contribution in [2.75, 3.05) is 26.8 Å². The average Bonchev–Trinajstić information content (AvgIpc) is 2.67. The number of guanidine groups is 1. The lowest BCUT2D eigenvalue weighted by Crippen LogP contribution is -2.36. The molecule has 0 saturated carbocycles. The maximum absolute atomic E-state index is 5.58. The topological polar surface area (TPSA) is 67.8 Å². The quantitative estimate of drug-likeness (QED) is 0.195. The molecule has 0 aliphatic rings. The number of rotatable bonds is 9. The van der Waals surface area contributed by atoms with Gasteiger partial charge in [-0.25, -0.2) is 4.98 Å². The Balaban J connectivity index is 0.00000338. The molecule has 0 fully saturated rings. The molecule has 0 unspecified atom stereocenters. The van der Waals surface area contributed by atoms with Crippen LogP contribution in [0.25, 0.3) is 0 Å². The van der Waals surface area contributed by atoms with Crippen molar-refractivity contribution in [3.05, 3.63) is 66.9 Å². The molecule has 0 aliphatic carbocycles. The van der Waals surface area contributed by atoms with E-state index in [1.807, 2.05) is 42.5 Å². The summed E-state index contributed by atoms with van der Waals surface area (Å²) in [6.45, 7) is 5.87. The number of ether oxygens (including phenoxy) is 2. The van der Waals surface area contributed by atoms with Crippen molar-refractivity contribution < 1.29 is 9.47 Å². The third kappa shape index (κ3) is 8.19. The highest BCUT2D eigenvalue weighted by molar-refractivity contribution is 14.0. The highest BCUT2D eigenvalue weighted by Crippen LogP contribution is 2.09. The van der Waals surface area contributed by atoms with E-state index < -0.39 is 0 Å². The number of halogens is 1. The van der Waals surface area contributed by atoms with E-state index in [-0.39, 0.29) is 24.0 Å². The third-order valence-electron chi connectivity index (χ3n) is 3.24. The molecule has 1 aromatic carbocycles. The van der Waals surface area contributed by atoms with Gasteiger partial charge in [0.1, 0.15) is 19.0 Å². The van der Waals surface area contributed by atoms with Gasteiger partial charge in [0, 0.05) is 32.4 Å². The van der Waals surface area contributed by atoms with Gasteiger partial charge in [0.15, 0.2) is 5.96 Å². The van der Waals surface area contributed by atoms with Crippen LogP contribution in [0.2, 0.25) is 0 Å². The molecule has 26 heavy (non-hydrogen) atoms. The summed E-state index contributed by atoms with van der Waals surface area (Å²) in [6, 6.07) is 13.5. The molecule has 140 valence electrons. The van der Waals surface area contributed by atoms with Crippen LogP contribution >= 0.6 is 24.0 Å². The zero-order valence-corrected chi connectivity index (χ0v) is 17.2. The van der Waals surface area contributed by atoms with E-state index in [1.165, 1.54) is 0 Å². The molecule has 1 heterocycles.